The number of carbonyl (C=O) groups excluding carboxylic acids is 1. The smallest absolute Gasteiger partial charge is 0.288 e. The zero-order valence-electron chi connectivity index (χ0n) is 16.6. The van der Waals surface area contributed by atoms with E-state index in [9.17, 15) is 10.1 Å². The van der Waals surface area contributed by atoms with Gasteiger partial charge in [0.15, 0.2) is 0 Å². The number of benzene rings is 1. The molecule has 2 aromatic heterocycles. The lowest BCUT2D eigenvalue weighted by Gasteiger charge is -2.17. The summed E-state index contributed by atoms with van der Waals surface area (Å²) in [6.07, 6.45) is 5.10. The summed E-state index contributed by atoms with van der Waals surface area (Å²) < 4.78 is 5.22. The predicted molar refractivity (Wildman–Crippen MR) is 117 cm³/mol. The maximum absolute atomic E-state index is 12.4. The number of pyridine rings is 1. The first-order valence-corrected chi connectivity index (χ1v) is 11.2. The number of nitrogens with zero attached hydrogens (tertiary/aromatic N) is 5. The zero-order valence-corrected chi connectivity index (χ0v) is 18.2. The van der Waals surface area contributed by atoms with Crippen LogP contribution in [0.2, 0.25) is 5.02 Å². The van der Waals surface area contributed by atoms with Crippen molar-refractivity contribution in [2.75, 3.05) is 29.2 Å². The Labute approximate surface area is 188 Å². The highest BCUT2D eigenvalue weighted by Crippen LogP contribution is 2.26. The van der Waals surface area contributed by atoms with Crippen molar-refractivity contribution in [3.63, 3.8) is 0 Å². The lowest BCUT2D eigenvalue weighted by Crippen LogP contribution is -2.60. The molecule has 0 saturated carbocycles. The molecule has 0 bridgehead atoms. The molecule has 0 atom stereocenters. The Balaban J connectivity index is 1.39. The quantitative estimate of drug-likeness (QED) is 0.449. The van der Waals surface area contributed by atoms with Crippen LogP contribution in [0, 0.1) is 11.3 Å². The highest BCUT2D eigenvalue weighted by molar-refractivity contribution is 8.00. The van der Waals surface area contributed by atoms with E-state index in [4.69, 9.17) is 16.1 Å². The van der Waals surface area contributed by atoms with Crippen LogP contribution in [0.3, 0.4) is 0 Å². The van der Waals surface area contributed by atoms with Crippen LogP contribution in [0.15, 0.2) is 52.1 Å². The molecule has 3 heterocycles. The van der Waals surface area contributed by atoms with Crippen molar-refractivity contribution in [3.05, 3.63) is 53.2 Å². The first kappa shape index (κ1) is 21.2. The van der Waals surface area contributed by atoms with Gasteiger partial charge in [-0.3, -0.25) is 14.6 Å². The fourth-order valence-electron chi connectivity index (χ4n) is 3.23. The number of piperidine rings is 1. The average Bonchev–Trinajstić information content (AvgIpc) is 3.27. The van der Waals surface area contributed by atoms with E-state index in [0.717, 1.165) is 31.5 Å². The van der Waals surface area contributed by atoms with Crippen molar-refractivity contribution in [3.8, 4) is 17.3 Å². The lowest BCUT2D eigenvalue weighted by atomic mass is 10.1. The van der Waals surface area contributed by atoms with Crippen LogP contribution in [-0.4, -0.2) is 35.0 Å². The van der Waals surface area contributed by atoms with Gasteiger partial charge in [-0.25, -0.2) is 4.98 Å². The van der Waals surface area contributed by atoms with E-state index >= 15 is 0 Å². The van der Waals surface area contributed by atoms with Crippen LogP contribution in [0.25, 0.3) is 11.3 Å². The number of thioether (sulfide) groups is 1. The largest absolute Gasteiger partial charge is 0.305 e. The molecular formula is C21H20ClN6O2S+. The molecule has 8 nitrogen and oxygen atoms in total. The van der Waals surface area contributed by atoms with Gasteiger partial charge < -0.3 is 0 Å². The van der Waals surface area contributed by atoms with Crippen LogP contribution < -0.4 is 15.1 Å². The molecule has 1 N–H and O–H groups in total. The minimum atomic E-state index is -0.269. The second kappa shape index (κ2) is 9.81. The number of amides is 1. The van der Waals surface area contributed by atoms with Crippen molar-refractivity contribution in [1.82, 2.24) is 10.3 Å². The van der Waals surface area contributed by atoms with Crippen molar-refractivity contribution in [2.45, 2.75) is 24.3 Å². The lowest BCUT2D eigenvalue weighted by molar-refractivity contribution is -0.759. The zero-order chi connectivity index (χ0) is 21.6. The SMILES string of the molecule is N#Cc1ccc(-c2ccc(Cl)cc2)nc1SCC(=O)Nc1c[n+](N2CCCCC2)no1. The first-order chi connectivity index (χ1) is 15.1. The summed E-state index contributed by atoms with van der Waals surface area (Å²) in [6, 6.07) is 12.9. The van der Waals surface area contributed by atoms with E-state index in [1.165, 1.54) is 18.2 Å². The topological polar surface area (TPSA) is 98.9 Å². The summed E-state index contributed by atoms with van der Waals surface area (Å²) in [7, 11) is 0. The minimum Gasteiger partial charge on any atom is -0.288 e. The average molecular weight is 456 g/mol. The summed E-state index contributed by atoms with van der Waals surface area (Å²) in [6.45, 7) is 1.82. The molecule has 10 heteroatoms. The molecule has 3 aromatic rings. The van der Waals surface area contributed by atoms with E-state index in [-0.39, 0.29) is 17.5 Å². The number of rotatable bonds is 6. The number of aromatic nitrogens is 3. The number of nitrogens with one attached hydrogen (secondary N) is 1. The van der Waals surface area contributed by atoms with Crippen molar-refractivity contribution in [1.29, 1.82) is 5.26 Å². The predicted octanol–water partition coefficient (Wildman–Crippen LogP) is 3.40. The fourth-order valence-corrected chi connectivity index (χ4v) is 4.13. The molecule has 1 amide bonds. The van der Waals surface area contributed by atoms with E-state index in [2.05, 4.69) is 26.7 Å². The molecule has 1 saturated heterocycles. The van der Waals surface area contributed by atoms with Gasteiger partial charge in [-0.2, -0.15) is 10.3 Å². The molecule has 0 unspecified atom stereocenters. The Morgan fingerprint density at radius 3 is 2.74 bits per heavy atom. The third kappa shape index (κ3) is 5.34. The standard InChI is InChI=1S/C21H19ClN6O2S/c22-17-7-4-15(5-8-17)18-9-6-16(12-23)21(24-18)31-14-19(29)25-20-13-28(26-30-20)27-10-2-1-3-11-27/h4-9,13H,1-3,10-11,14H2/p+1. The number of halogens is 1. The molecule has 1 fully saturated rings. The molecule has 31 heavy (non-hydrogen) atoms. The fraction of sp³-hybridized carbons (Fsp3) is 0.286. The number of carbonyl (C=O) groups is 1. The van der Waals surface area contributed by atoms with Crippen molar-refractivity contribution in [2.24, 2.45) is 0 Å². The Kier molecular flexibility index (Phi) is 6.70. The molecular weight excluding hydrogens is 436 g/mol. The van der Waals surface area contributed by atoms with Crippen LogP contribution in [0.1, 0.15) is 24.8 Å². The summed E-state index contributed by atoms with van der Waals surface area (Å²) in [5.74, 6) is 0.0879. The first-order valence-electron chi connectivity index (χ1n) is 9.86. The van der Waals surface area contributed by atoms with Gasteiger partial charge >= 0.3 is 5.88 Å². The molecule has 4 rings (SSSR count). The Bertz CT molecular complexity index is 1110. The van der Waals surface area contributed by atoms with E-state index < -0.39 is 0 Å². The van der Waals surface area contributed by atoms with Crippen LogP contribution in [0.5, 0.6) is 0 Å². The number of hydrogen-bond acceptors (Lipinski definition) is 7. The highest BCUT2D eigenvalue weighted by Gasteiger charge is 2.23. The molecule has 0 aliphatic carbocycles. The van der Waals surface area contributed by atoms with Gasteiger partial charge in [-0.1, -0.05) is 35.5 Å². The molecule has 0 spiro atoms. The molecule has 1 aromatic carbocycles. The molecule has 158 valence electrons. The number of anilines is 1. The maximum Gasteiger partial charge on any atom is 0.305 e. The van der Waals surface area contributed by atoms with E-state index in [0.29, 0.717) is 21.3 Å². The van der Waals surface area contributed by atoms with Gasteiger partial charge in [-0.05, 0) is 43.5 Å². The van der Waals surface area contributed by atoms with Crippen molar-refractivity contribution < 1.29 is 14.1 Å². The van der Waals surface area contributed by atoms with Gasteiger partial charge in [0.1, 0.15) is 11.1 Å². The summed E-state index contributed by atoms with van der Waals surface area (Å²) in [5, 5.41) is 19.3. The van der Waals surface area contributed by atoms with Crippen molar-refractivity contribution >= 4 is 35.2 Å². The summed E-state index contributed by atoms with van der Waals surface area (Å²) >= 11 is 7.14. The van der Waals surface area contributed by atoms with Gasteiger partial charge in [0, 0.05) is 10.6 Å². The van der Waals surface area contributed by atoms with Gasteiger partial charge in [0.25, 0.3) is 6.20 Å². The van der Waals surface area contributed by atoms with E-state index in [1.54, 1.807) is 35.3 Å². The third-order valence-corrected chi connectivity index (χ3v) is 6.04. The Morgan fingerprint density at radius 1 is 1.23 bits per heavy atom. The number of hydrogen-bond donors (Lipinski definition) is 1. The normalized spacial score (nSPS) is 13.6. The van der Waals surface area contributed by atoms with Crippen LogP contribution >= 0.6 is 23.4 Å². The second-order valence-electron chi connectivity index (χ2n) is 7.01. The van der Waals surface area contributed by atoms with E-state index in [1.807, 2.05) is 12.1 Å². The van der Waals surface area contributed by atoms with Crippen LogP contribution in [0.4, 0.5) is 5.88 Å². The third-order valence-electron chi connectivity index (χ3n) is 4.80. The Morgan fingerprint density at radius 2 is 2.00 bits per heavy atom. The molecule has 1 aliphatic rings. The molecule has 1 aliphatic heterocycles. The van der Waals surface area contributed by atoms with Gasteiger partial charge in [0.2, 0.25) is 11.2 Å². The molecule has 0 radical (unpaired) electrons. The van der Waals surface area contributed by atoms with Gasteiger partial charge in [-0.15, -0.1) is 0 Å². The van der Waals surface area contributed by atoms with Gasteiger partial charge in [0.05, 0.1) is 34.9 Å². The maximum atomic E-state index is 12.4. The number of nitriles is 1. The monoisotopic (exact) mass is 455 g/mol. The van der Waals surface area contributed by atoms with Crippen LogP contribution in [-0.2, 0) is 4.79 Å². The minimum absolute atomic E-state index is 0.0795. The summed E-state index contributed by atoms with van der Waals surface area (Å²) in [4.78, 5) is 18.6. The summed E-state index contributed by atoms with van der Waals surface area (Å²) in [5.41, 5.74) is 2.00. The Hall–Kier alpha value is -3.09. The second-order valence-corrected chi connectivity index (χ2v) is 8.41. The highest BCUT2D eigenvalue weighted by atomic mass is 35.5.